The lowest BCUT2D eigenvalue weighted by molar-refractivity contribution is -0.120. The molecular weight excluding hydrogens is 258 g/mol. The Labute approximate surface area is 117 Å². The number of carbonyl (C=O) groups is 2. The lowest BCUT2D eigenvalue weighted by Gasteiger charge is -2.13. The number of hydrogen-bond acceptors (Lipinski definition) is 4. The van der Waals surface area contributed by atoms with Gasteiger partial charge in [0.15, 0.2) is 0 Å². The van der Waals surface area contributed by atoms with E-state index in [0.29, 0.717) is 24.5 Å². The Hall–Kier alpha value is -2.08. The quantitative estimate of drug-likeness (QED) is 0.766. The van der Waals surface area contributed by atoms with Crippen LogP contribution in [0.5, 0.6) is 0 Å². The molecule has 1 aromatic carbocycles. The van der Waals surface area contributed by atoms with E-state index < -0.39 is 6.09 Å². The Kier molecular flexibility index (Phi) is 4.24. The zero-order valence-corrected chi connectivity index (χ0v) is 11.4. The first-order chi connectivity index (χ1) is 9.59. The van der Waals surface area contributed by atoms with Gasteiger partial charge in [-0.15, -0.1) is 0 Å². The summed E-state index contributed by atoms with van der Waals surface area (Å²) in [5, 5.41) is 5.42. The smallest absolute Gasteiger partial charge is 0.411 e. The minimum absolute atomic E-state index is 0.0360. The van der Waals surface area contributed by atoms with Gasteiger partial charge in [-0.3, -0.25) is 10.1 Å². The normalized spacial score (nSPS) is 15.3. The summed E-state index contributed by atoms with van der Waals surface area (Å²) in [5.41, 5.74) is 6.53. The number of anilines is 2. The van der Waals surface area contributed by atoms with E-state index >= 15 is 0 Å². The Morgan fingerprint density at radius 1 is 1.20 bits per heavy atom. The molecule has 1 aliphatic rings. The minimum Gasteiger partial charge on any atom is -0.450 e. The Balaban J connectivity index is 1.91. The van der Waals surface area contributed by atoms with Crippen LogP contribution in [0.1, 0.15) is 19.8 Å². The van der Waals surface area contributed by atoms with E-state index in [1.54, 1.807) is 31.2 Å². The highest BCUT2D eigenvalue weighted by Crippen LogP contribution is 2.45. The maximum absolute atomic E-state index is 12.0. The van der Waals surface area contributed by atoms with Crippen molar-refractivity contribution in [3.8, 4) is 0 Å². The summed E-state index contributed by atoms with van der Waals surface area (Å²) in [7, 11) is 0. The molecule has 1 saturated carbocycles. The van der Waals surface area contributed by atoms with Crippen LogP contribution in [-0.2, 0) is 9.53 Å². The Morgan fingerprint density at radius 3 is 2.20 bits per heavy atom. The van der Waals surface area contributed by atoms with Gasteiger partial charge in [0, 0.05) is 17.9 Å². The fourth-order valence-corrected chi connectivity index (χ4v) is 1.86. The predicted molar refractivity (Wildman–Crippen MR) is 76.4 cm³/mol. The van der Waals surface area contributed by atoms with Gasteiger partial charge >= 0.3 is 6.09 Å². The highest BCUT2D eigenvalue weighted by molar-refractivity contribution is 5.97. The molecule has 20 heavy (non-hydrogen) atoms. The van der Waals surface area contributed by atoms with Crippen molar-refractivity contribution in [2.75, 3.05) is 23.8 Å². The maximum Gasteiger partial charge on any atom is 0.411 e. The van der Waals surface area contributed by atoms with E-state index in [9.17, 15) is 9.59 Å². The van der Waals surface area contributed by atoms with Gasteiger partial charge in [0.25, 0.3) is 0 Å². The Bertz CT molecular complexity index is 495. The second-order valence-corrected chi connectivity index (χ2v) is 4.86. The van der Waals surface area contributed by atoms with Crippen LogP contribution in [0.25, 0.3) is 0 Å². The number of carbonyl (C=O) groups excluding carboxylic acids is 2. The first-order valence-electron chi connectivity index (χ1n) is 6.65. The molecule has 0 aromatic heterocycles. The van der Waals surface area contributed by atoms with Crippen molar-refractivity contribution in [1.82, 2.24) is 0 Å². The molecule has 2 rings (SSSR count). The first kappa shape index (κ1) is 14.3. The molecule has 0 bridgehead atoms. The van der Waals surface area contributed by atoms with Crippen LogP contribution < -0.4 is 16.4 Å². The zero-order valence-electron chi connectivity index (χ0n) is 11.4. The molecule has 0 atom stereocenters. The molecule has 0 saturated heterocycles. The molecule has 1 aromatic rings. The van der Waals surface area contributed by atoms with E-state index in [4.69, 9.17) is 10.5 Å². The van der Waals surface area contributed by atoms with E-state index in [1.165, 1.54) is 0 Å². The fraction of sp³-hybridized carbons (Fsp3) is 0.429. The second-order valence-electron chi connectivity index (χ2n) is 4.86. The molecule has 4 N–H and O–H groups in total. The van der Waals surface area contributed by atoms with Crippen LogP contribution in [0.4, 0.5) is 16.2 Å². The molecule has 0 spiro atoms. The molecule has 0 heterocycles. The molecule has 2 amide bonds. The summed E-state index contributed by atoms with van der Waals surface area (Å²) in [5.74, 6) is -0.0360. The van der Waals surface area contributed by atoms with Crippen molar-refractivity contribution in [3.05, 3.63) is 24.3 Å². The highest BCUT2D eigenvalue weighted by Gasteiger charge is 2.48. The molecule has 6 nitrogen and oxygen atoms in total. The number of rotatable bonds is 5. The monoisotopic (exact) mass is 277 g/mol. The fourth-order valence-electron chi connectivity index (χ4n) is 1.86. The van der Waals surface area contributed by atoms with Crippen molar-refractivity contribution >= 4 is 23.4 Å². The summed E-state index contributed by atoms with van der Waals surface area (Å²) in [4.78, 5) is 23.2. The molecule has 0 radical (unpaired) electrons. The molecular formula is C14H19N3O3. The van der Waals surface area contributed by atoms with Gasteiger partial charge in [0.2, 0.25) is 5.91 Å². The van der Waals surface area contributed by atoms with Crippen molar-refractivity contribution in [3.63, 3.8) is 0 Å². The molecule has 6 heteroatoms. The number of benzene rings is 1. The highest BCUT2D eigenvalue weighted by atomic mass is 16.5. The minimum atomic E-state index is -0.496. The topological polar surface area (TPSA) is 93.5 Å². The number of ether oxygens (including phenoxy) is 1. The van der Waals surface area contributed by atoms with Gasteiger partial charge in [0.05, 0.1) is 12.0 Å². The van der Waals surface area contributed by atoms with Crippen molar-refractivity contribution in [2.24, 2.45) is 11.1 Å². The molecule has 0 unspecified atom stereocenters. The lowest BCUT2D eigenvalue weighted by atomic mass is 10.1. The van der Waals surface area contributed by atoms with Gasteiger partial charge in [-0.25, -0.2) is 4.79 Å². The lowest BCUT2D eigenvalue weighted by Crippen LogP contribution is -2.30. The predicted octanol–water partition coefficient (Wildman–Crippen LogP) is 1.93. The third-order valence-corrected chi connectivity index (χ3v) is 3.39. The van der Waals surface area contributed by atoms with E-state index in [-0.39, 0.29) is 11.3 Å². The standard InChI is InChI=1S/C14H19N3O3/c1-2-20-13(19)17-11-5-3-10(4-6-11)16-12(18)14(9-15)7-8-14/h3-6H,2,7-9,15H2,1H3,(H,16,18)(H,17,19). The summed E-state index contributed by atoms with van der Waals surface area (Å²) in [6.07, 6.45) is 1.19. The number of hydrogen-bond donors (Lipinski definition) is 3. The molecule has 1 aliphatic carbocycles. The van der Waals surface area contributed by atoms with Crippen LogP contribution in [0.2, 0.25) is 0 Å². The van der Waals surface area contributed by atoms with Crippen LogP contribution in [0.15, 0.2) is 24.3 Å². The largest absolute Gasteiger partial charge is 0.450 e. The first-order valence-corrected chi connectivity index (χ1v) is 6.65. The second kappa shape index (κ2) is 5.92. The summed E-state index contributed by atoms with van der Waals surface area (Å²) < 4.78 is 4.77. The van der Waals surface area contributed by atoms with E-state index in [1.807, 2.05) is 0 Å². The summed E-state index contributed by atoms with van der Waals surface area (Å²) in [6.45, 7) is 2.44. The van der Waals surface area contributed by atoms with Gasteiger partial charge < -0.3 is 15.8 Å². The number of amides is 2. The van der Waals surface area contributed by atoms with Gasteiger partial charge in [0.1, 0.15) is 0 Å². The SMILES string of the molecule is CCOC(=O)Nc1ccc(NC(=O)C2(CN)CC2)cc1. The molecule has 0 aliphatic heterocycles. The van der Waals surface area contributed by atoms with E-state index in [0.717, 1.165) is 12.8 Å². The van der Waals surface area contributed by atoms with Crippen molar-refractivity contribution < 1.29 is 14.3 Å². The third kappa shape index (κ3) is 3.27. The van der Waals surface area contributed by atoms with Crippen molar-refractivity contribution in [1.29, 1.82) is 0 Å². The molecule has 108 valence electrons. The van der Waals surface area contributed by atoms with Gasteiger partial charge in [-0.05, 0) is 44.0 Å². The number of nitrogens with one attached hydrogen (secondary N) is 2. The van der Waals surface area contributed by atoms with Crippen LogP contribution >= 0.6 is 0 Å². The third-order valence-electron chi connectivity index (χ3n) is 3.39. The van der Waals surface area contributed by atoms with Gasteiger partial charge in [-0.1, -0.05) is 0 Å². The maximum atomic E-state index is 12.0. The average molecular weight is 277 g/mol. The van der Waals surface area contributed by atoms with Crippen LogP contribution in [-0.4, -0.2) is 25.2 Å². The Morgan fingerprint density at radius 2 is 1.75 bits per heavy atom. The number of nitrogens with two attached hydrogens (primary N) is 1. The zero-order chi connectivity index (χ0) is 14.6. The van der Waals surface area contributed by atoms with Crippen LogP contribution in [0.3, 0.4) is 0 Å². The molecule has 1 fully saturated rings. The summed E-state index contributed by atoms with van der Waals surface area (Å²) in [6, 6.07) is 6.86. The van der Waals surface area contributed by atoms with E-state index in [2.05, 4.69) is 10.6 Å². The van der Waals surface area contributed by atoms with Crippen LogP contribution in [0, 0.1) is 5.41 Å². The average Bonchev–Trinajstić information content (AvgIpc) is 3.22. The van der Waals surface area contributed by atoms with Crippen molar-refractivity contribution in [2.45, 2.75) is 19.8 Å². The summed E-state index contributed by atoms with van der Waals surface area (Å²) >= 11 is 0. The van der Waals surface area contributed by atoms with Gasteiger partial charge in [-0.2, -0.15) is 0 Å².